The van der Waals surface area contributed by atoms with Crippen molar-refractivity contribution in [3.63, 3.8) is 0 Å². The molecule has 0 radical (unpaired) electrons. The summed E-state index contributed by atoms with van der Waals surface area (Å²) in [7, 11) is 3.56. The fourth-order valence-corrected chi connectivity index (χ4v) is 4.11. The van der Waals surface area contributed by atoms with Gasteiger partial charge in [0.1, 0.15) is 0 Å². The molecular weight excluding hydrogens is 382 g/mol. The summed E-state index contributed by atoms with van der Waals surface area (Å²) in [6.07, 6.45) is 1.46. The number of carbonyl (C=O) groups is 2. The first-order valence-electron chi connectivity index (χ1n) is 10.0. The van der Waals surface area contributed by atoms with Gasteiger partial charge in [-0.25, -0.2) is 14.5 Å². The number of carbonyl (C=O) groups excluding carboxylic acids is 1. The first kappa shape index (κ1) is 19.9. The lowest BCUT2D eigenvalue weighted by Gasteiger charge is -2.34. The molecule has 4 rings (SSSR count). The van der Waals surface area contributed by atoms with E-state index in [1.54, 1.807) is 29.7 Å². The molecule has 1 saturated heterocycles. The van der Waals surface area contributed by atoms with Crippen LogP contribution in [-0.2, 0) is 4.79 Å². The van der Waals surface area contributed by atoms with Gasteiger partial charge in [-0.2, -0.15) is 5.10 Å². The number of fused-ring (bicyclic) bond motifs is 1. The molecule has 1 aliphatic heterocycles. The lowest BCUT2D eigenvalue weighted by molar-refractivity contribution is -0.133. The summed E-state index contributed by atoms with van der Waals surface area (Å²) in [6, 6.07) is 11.2. The minimum Gasteiger partial charge on any atom is -0.477 e. The number of para-hydroxylation sites is 1. The molecule has 8 nitrogen and oxygen atoms in total. The van der Waals surface area contributed by atoms with Crippen LogP contribution >= 0.6 is 0 Å². The van der Waals surface area contributed by atoms with Crippen LogP contribution in [0.4, 0.5) is 5.69 Å². The number of benzene rings is 1. The Hall–Kier alpha value is -3.42. The Morgan fingerprint density at radius 2 is 1.80 bits per heavy atom. The quantitative estimate of drug-likeness (QED) is 0.715. The fraction of sp³-hybridized carbons (Fsp3) is 0.364. The topological polar surface area (TPSA) is 91.6 Å². The molecule has 0 unspecified atom stereocenters. The van der Waals surface area contributed by atoms with Crippen LogP contribution in [0.2, 0.25) is 0 Å². The Balaban J connectivity index is 1.78. The highest BCUT2D eigenvalue weighted by Crippen LogP contribution is 2.34. The number of rotatable bonds is 4. The smallest absolute Gasteiger partial charge is 0.354 e. The second kappa shape index (κ2) is 7.78. The van der Waals surface area contributed by atoms with Gasteiger partial charge in [0.15, 0.2) is 11.3 Å². The van der Waals surface area contributed by atoms with Gasteiger partial charge >= 0.3 is 5.97 Å². The van der Waals surface area contributed by atoms with Crippen LogP contribution in [0, 0.1) is 12.8 Å². The summed E-state index contributed by atoms with van der Waals surface area (Å²) in [6.45, 7) is 3.27. The standard InChI is InChI=1S/C22H25N5O3/c1-14-19-18(26-11-9-15(10-12-26)21(28)25(2)3)13-17(22(29)30)23-20(19)27(24-14)16-7-5-4-6-8-16/h4-8,13,15H,9-12H2,1-3H3,(H,29,30). The van der Waals surface area contributed by atoms with Gasteiger partial charge in [0.05, 0.1) is 22.5 Å². The molecule has 0 spiro atoms. The maximum atomic E-state index is 12.3. The molecule has 0 aliphatic carbocycles. The van der Waals surface area contributed by atoms with Crippen molar-refractivity contribution >= 4 is 28.6 Å². The summed E-state index contributed by atoms with van der Waals surface area (Å²) < 4.78 is 1.70. The fourth-order valence-electron chi connectivity index (χ4n) is 4.11. The Labute approximate surface area is 174 Å². The number of carboxylic acid groups (broad SMARTS) is 1. The molecule has 8 heteroatoms. The van der Waals surface area contributed by atoms with Crippen molar-refractivity contribution in [2.75, 3.05) is 32.1 Å². The number of carboxylic acids is 1. The molecule has 0 bridgehead atoms. The van der Waals surface area contributed by atoms with Gasteiger partial charge in [-0.05, 0) is 38.0 Å². The number of aryl methyl sites for hydroxylation is 1. The minimum absolute atomic E-state index is 0.000612. The van der Waals surface area contributed by atoms with E-state index < -0.39 is 5.97 Å². The molecule has 1 N–H and O–H groups in total. The van der Waals surface area contributed by atoms with E-state index in [1.807, 2.05) is 37.3 Å². The average molecular weight is 407 g/mol. The number of hydrogen-bond donors (Lipinski definition) is 1. The monoisotopic (exact) mass is 407 g/mol. The molecule has 3 aromatic rings. The molecule has 2 aromatic heterocycles. The molecule has 30 heavy (non-hydrogen) atoms. The third kappa shape index (κ3) is 3.49. The van der Waals surface area contributed by atoms with Crippen LogP contribution in [0.25, 0.3) is 16.7 Å². The van der Waals surface area contributed by atoms with E-state index in [0.29, 0.717) is 18.7 Å². The first-order chi connectivity index (χ1) is 14.4. The second-order valence-electron chi connectivity index (χ2n) is 7.86. The van der Waals surface area contributed by atoms with E-state index in [2.05, 4.69) is 15.0 Å². The number of nitrogens with zero attached hydrogens (tertiary/aromatic N) is 5. The maximum Gasteiger partial charge on any atom is 0.354 e. The molecule has 3 heterocycles. The van der Waals surface area contributed by atoms with Crippen molar-refractivity contribution in [2.24, 2.45) is 5.92 Å². The largest absolute Gasteiger partial charge is 0.477 e. The van der Waals surface area contributed by atoms with Crippen LogP contribution in [0.15, 0.2) is 36.4 Å². The van der Waals surface area contributed by atoms with Gasteiger partial charge in [0, 0.05) is 33.1 Å². The van der Waals surface area contributed by atoms with E-state index in [0.717, 1.165) is 35.3 Å². The third-order valence-corrected chi connectivity index (χ3v) is 5.64. The highest BCUT2D eigenvalue weighted by Gasteiger charge is 2.29. The molecule has 1 aromatic carbocycles. The van der Waals surface area contributed by atoms with Gasteiger partial charge in [0.25, 0.3) is 0 Å². The van der Waals surface area contributed by atoms with Crippen molar-refractivity contribution in [1.82, 2.24) is 19.7 Å². The van der Waals surface area contributed by atoms with Gasteiger partial charge in [-0.3, -0.25) is 4.79 Å². The van der Waals surface area contributed by atoms with E-state index in [4.69, 9.17) is 0 Å². The predicted octanol–water partition coefficient (Wildman–Crippen LogP) is 2.73. The molecular formula is C22H25N5O3. The Morgan fingerprint density at radius 1 is 1.13 bits per heavy atom. The molecule has 0 atom stereocenters. The van der Waals surface area contributed by atoms with Crippen molar-refractivity contribution in [3.05, 3.63) is 47.8 Å². The minimum atomic E-state index is -1.07. The second-order valence-corrected chi connectivity index (χ2v) is 7.86. The summed E-state index contributed by atoms with van der Waals surface area (Å²) in [4.78, 5) is 32.3. The number of aromatic nitrogens is 3. The molecule has 1 aliphatic rings. The van der Waals surface area contributed by atoms with Crippen LogP contribution < -0.4 is 4.90 Å². The van der Waals surface area contributed by atoms with Gasteiger partial charge < -0.3 is 14.9 Å². The molecule has 156 valence electrons. The number of piperidine rings is 1. The van der Waals surface area contributed by atoms with Crippen LogP contribution in [0.1, 0.15) is 29.0 Å². The van der Waals surface area contributed by atoms with Crippen molar-refractivity contribution in [1.29, 1.82) is 0 Å². The molecule has 1 amide bonds. The van der Waals surface area contributed by atoms with Gasteiger partial charge in [-0.15, -0.1) is 0 Å². The number of pyridine rings is 1. The number of amides is 1. The summed E-state index contributed by atoms with van der Waals surface area (Å²) in [5.74, 6) is -0.927. The number of aromatic carboxylic acids is 1. The summed E-state index contributed by atoms with van der Waals surface area (Å²) in [5.41, 5.74) is 2.95. The highest BCUT2D eigenvalue weighted by atomic mass is 16.4. The normalized spacial score (nSPS) is 14.8. The zero-order chi connectivity index (χ0) is 21.4. The third-order valence-electron chi connectivity index (χ3n) is 5.64. The lowest BCUT2D eigenvalue weighted by atomic mass is 9.95. The zero-order valence-corrected chi connectivity index (χ0v) is 17.4. The SMILES string of the molecule is Cc1nn(-c2ccccc2)c2nc(C(=O)O)cc(N3CCC(C(=O)N(C)C)CC3)c12. The van der Waals surface area contributed by atoms with Crippen LogP contribution in [-0.4, -0.2) is 63.8 Å². The van der Waals surface area contributed by atoms with Crippen LogP contribution in [0.5, 0.6) is 0 Å². The summed E-state index contributed by atoms with van der Waals surface area (Å²) in [5, 5.41) is 15.2. The van der Waals surface area contributed by atoms with E-state index in [1.165, 1.54) is 0 Å². The summed E-state index contributed by atoms with van der Waals surface area (Å²) >= 11 is 0. The van der Waals surface area contributed by atoms with Crippen molar-refractivity contribution in [3.8, 4) is 5.69 Å². The van der Waals surface area contributed by atoms with E-state index >= 15 is 0 Å². The Kier molecular flexibility index (Phi) is 5.15. The first-order valence-corrected chi connectivity index (χ1v) is 10.0. The molecule has 1 fully saturated rings. The zero-order valence-electron chi connectivity index (χ0n) is 17.4. The maximum absolute atomic E-state index is 12.3. The Bertz CT molecular complexity index is 1100. The highest BCUT2D eigenvalue weighted by molar-refractivity contribution is 5.98. The Morgan fingerprint density at radius 3 is 2.40 bits per heavy atom. The van der Waals surface area contributed by atoms with Crippen molar-refractivity contribution in [2.45, 2.75) is 19.8 Å². The van der Waals surface area contributed by atoms with Gasteiger partial charge in [0.2, 0.25) is 5.91 Å². The average Bonchev–Trinajstić information content (AvgIpc) is 3.10. The lowest BCUT2D eigenvalue weighted by Crippen LogP contribution is -2.40. The van der Waals surface area contributed by atoms with Gasteiger partial charge in [-0.1, -0.05) is 18.2 Å². The van der Waals surface area contributed by atoms with E-state index in [-0.39, 0.29) is 17.5 Å². The van der Waals surface area contributed by atoms with Crippen molar-refractivity contribution < 1.29 is 14.7 Å². The van der Waals surface area contributed by atoms with Crippen LogP contribution in [0.3, 0.4) is 0 Å². The molecule has 0 saturated carbocycles. The van der Waals surface area contributed by atoms with E-state index in [9.17, 15) is 14.7 Å². The predicted molar refractivity (Wildman–Crippen MR) is 114 cm³/mol. The number of hydrogen-bond acceptors (Lipinski definition) is 5. The number of anilines is 1.